The van der Waals surface area contributed by atoms with E-state index in [-0.39, 0.29) is 0 Å². The van der Waals surface area contributed by atoms with E-state index in [0.717, 1.165) is 19.0 Å². The van der Waals surface area contributed by atoms with Crippen LogP contribution in [-0.2, 0) is 13.1 Å². The lowest BCUT2D eigenvalue weighted by Crippen LogP contribution is -2.22. The number of H-pyrrole nitrogens is 1. The summed E-state index contributed by atoms with van der Waals surface area (Å²) in [7, 11) is 0. The molecule has 13 heavy (non-hydrogen) atoms. The van der Waals surface area contributed by atoms with E-state index in [2.05, 4.69) is 35.9 Å². The molecular formula is C10H17N3. The smallest absolute Gasteiger partial charge is 0.0639 e. The molecule has 1 aromatic heterocycles. The number of nitrogens with zero attached hydrogens (tertiary/aromatic N) is 2. The number of nitrogens with one attached hydrogen (secondary N) is 1. The van der Waals surface area contributed by atoms with Crippen LogP contribution in [0.3, 0.4) is 0 Å². The van der Waals surface area contributed by atoms with Crippen LogP contribution in [0.1, 0.15) is 30.8 Å². The van der Waals surface area contributed by atoms with E-state index in [4.69, 9.17) is 0 Å². The van der Waals surface area contributed by atoms with Gasteiger partial charge in [-0.05, 0) is 12.8 Å². The molecule has 0 bridgehead atoms. The summed E-state index contributed by atoms with van der Waals surface area (Å²) in [5.41, 5.74) is 3.90. The lowest BCUT2D eigenvalue weighted by atomic mass is 10.2. The summed E-state index contributed by atoms with van der Waals surface area (Å²) < 4.78 is 0. The molecule has 1 aliphatic rings. The Bertz CT molecular complexity index is 301. The minimum absolute atomic E-state index is 0.747. The van der Waals surface area contributed by atoms with Crippen LogP contribution in [-0.4, -0.2) is 21.6 Å². The molecular weight excluding hydrogens is 162 g/mol. The van der Waals surface area contributed by atoms with Crippen LogP contribution in [0.15, 0.2) is 0 Å². The van der Waals surface area contributed by atoms with Gasteiger partial charge in [-0.3, -0.25) is 10.00 Å². The van der Waals surface area contributed by atoms with Gasteiger partial charge in [-0.2, -0.15) is 5.10 Å². The van der Waals surface area contributed by atoms with E-state index in [9.17, 15) is 0 Å². The molecule has 0 spiro atoms. The molecule has 1 aromatic rings. The maximum atomic E-state index is 4.20. The van der Waals surface area contributed by atoms with Crippen molar-refractivity contribution in [3.8, 4) is 0 Å². The SMILES string of the molecule is Cc1n[nH]c2c1CN(CC(C)C)C2. The molecule has 1 N–H and O–H groups in total. The lowest BCUT2D eigenvalue weighted by molar-refractivity contribution is 0.248. The fourth-order valence-electron chi connectivity index (χ4n) is 1.99. The van der Waals surface area contributed by atoms with Crippen LogP contribution in [0.4, 0.5) is 0 Å². The first-order valence-corrected chi connectivity index (χ1v) is 4.92. The van der Waals surface area contributed by atoms with Gasteiger partial charge in [-0.15, -0.1) is 0 Å². The second kappa shape index (κ2) is 3.14. The molecule has 0 fully saturated rings. The van der Waals surface area contributed by atoms with Crippen molar-refractivity contribution in [1.29, 1.82) is 0 Å². The van der Waals surface area contributed by atoms with Crippen LogP contribution in [0.25, 0.3) is 0 Å². The Morgan fingerprint density at radius 1 is 1.46 bits per heavy atom. The van der Waals surface area contributed by atoms with Gasteiger partial charge in [0.05, 0.1) is 11.4 Å². The molecule has 0 aliphatic carbocycles. The molecule has 0 aromatic carbocycles. The topological polar surface area (TPSA) is 31.9 Å². The number of aromatic nitrogens is 2. The van der Waals surface area contributed by atoms with E-state index in [1.54, 1.807) is 0 Å². The second-order valence-corrected chi connectivity index (χ2v) is 4.33. The molecule has 2 rings (SSSR count). The third-order valence-corrected chi connectivity index (χ3v) is 2.55. The van der Waals surface area contributed by atoms with Crippen molar-refractivity contribution >= 4 is 0 Å². The van der Waals surface area contributed by atoms with Gasteiger partial charge in [-0.1, -0.05) is 13.8 Å². The maximum Gasteiger partial charge on any atom is 0.0639 e. The van der Waals surface area contributed by atoms with E-state index in [1.165, 1.54) is 23.5 Å². The van der Waals surface area contributed by atoms with Crippen molar-refractivity contribution in [2.75, 3.05) is 6.54 Å². The highest BCUT2D eigenvalue weighted by Crippen LogP contribution is 2.23. The predicted octanol–water partition coefficient (Wildman–Crippen LogP) is 1.69. The average Bonchev–Trinajstić information content (AvgIpc) is 2.53. The summed E-state index contributed by atoms with van der Waals surface area (Å²) >= 11 is 0. The first kappa shape index (κ1) is 8.75. The average molecular weight is 179 g/mol. The predicted molar refractivity (Wildman–Crippen MR) is 52.3 cm³/mol. The van der Waals surface area contributed by atoms with E-state index < -0.39 is 0 Å². The Hall–Kier alpha value is -0.830. The van der Waals surface area contributed by atoms with Crippen LogP contribution in [0.2, 0.25) is 0 Å². The van der Waals surface area contributed by atoms with Gasteiger partial charge in [0.25, 0.3) is 0 Å². The number of fused-ring (bicyclic) bond motifs is 1. The zero-order valence-electron chi connectivity index (χ0n) is 8.59. The minimum atomic E-state index is 0.747. The van der Waals surface area contributed by atoms with Gasteiger partial charge >= 0.3 is 0 Å². The first-order chi connectivity index (χ1) is 6.16. The summed E-state index contributed by atoms with van der Waals surface area (Å²) in [4.78, 5) is 2.47. The van der Waals surface area contributed by atoms with Crippen molar-refractivity contribution in [2.45, 2.75) is 33.9 Å². The zero-order chi connectivity index (χ0) is 9.42. The van der Waals surface area contributed by atoms with Crippen molar-refractivity contribution < 1.29 is 0 Å². The zero-order valence-corrected chi connectivity index (χ0v) is 8.59. The summed E-state index contributed by atoms with van der Waals surface area (Å²) in [5, 5.41) is 7.30. The summed E-state index contributed by atoms with van der Waals surface area (Å²) in [6.45, 7) is 9.91. The van der Waals surface area contributed by atoms with Gasteiger partial charge in [-0.25, -0.2) is 0 Å². The first-order valence-electron chi connectivity index (χ1n) is 4.92. The van der Waals surface area contributed by atoms with E-state index >= 15 is 0 Å². The standard InChI is InChI=1S/C10H17N3/c1-7(2)4-13-5-9-8(3)11-12-10(9)6-13/h7H,4-6H2,1-3H3,(H,11,12). The summed E-state index contributed by atoms with van der Waals surface area (Å²) in [6, 6.07) is 0. The highest BCUT2D eigenvalue weighted by Gasteiger charge is 2.22. The molecule has 0 atom stereocenters. The van der Waals surface area contributed by atoms with Gasteiger partial charge in [0, 0.05) is 25.2 Å². The Morgan fingerprint density at radius 2 is 2.23 bits per heavy atom. The maximum absolute atomic E-state index is 4.20. The molecule has 0 saturated heterocycles. The molecule has 72 valence electrons. The van der Waals surface area contributed by atoms with Gasteiger partial charge in [0.15, 0.2) is 0 Å². The third kappa shape index (κ3) is 1.61. The van der Waals surface area contributed by atoms with Gasteiger partial charge < -0.3 is 0 Å². The van der Waals surface area contributed by atoms with Crippen LogP contribution in [0, 0.1) is 12.8 Å². The Labute approximate surface area is 79.1 Å². The van der Waals surface area contributed by atoms with Crippen molar-refractivity contribution in [1.82, 2.24) is 15.1 Å². The Kier molecular flexibility index (Phi) is 2.12. The highest BCUT2D eigenvalue weighted by molar-refractivity contribution is 5.27. The molecule has 0 saturated carbocycles. The fourth-order valence-corrected chi connectivity index (χ4v) is 1.99. The van der Waals surface area contributed by atoms with Crippen LogP contribution < -0.4 is 0 Å². The molecule has 3 heteroatoms. The number of hydrogen-bond donors (Lipinski definition) is 1. The van der Waals surface area contributed by atoms with E-state index in [0.29, 0.717) is 0 Å². The third-order valence-electron chi connectivity index (χ3n) is 2.55. The largest absolute Gasteiger partial charge is 0.293 e. The summed E-state index contributed by atoms with van der Waals surface area (Å²) in [5.74, 6) is 0.747. The molecule has 0 amide bonds. The molecule has 2 heterocycles. The van der Waals surface area contributed by atoms with Crippen LogP contribution >= 0.6 is 0 Å². The molecule has 1 aliphatic heterocycles. The normalized spacial score (nSPS) is 16.9. The molecule has 0 radical (unpaired) electrons. The van der Waals surface area contributed by atoms with Crippen molar-refractivity contribution in [3.05, 3.63) is 17.0 Å². The quantitative estimate of drug-likeness (QED) is 0.749. The number of hydrogen-bond acceptors (Lipinski definition) is 2. The number of aromatic amines is 1. The van der Waals surface area contributed by atoms with Gasteiger partial charge in [0.2, 0.25) is 0 Å². The Balaban J connectivity index is 2.06. The molecule has 0 unspecified atom stereocenters. The highest BCUT2D eigenvalue weighted by atomic mass is 15.2. The summed E-state index contributed by atoms with van der Waals surface area (Å²) in [6.07, 6.45) is 0. The Morgan fingerprint density at radius 3 is 2.85 bits per heavy atom. The fraction of sp³-hybridized carbons (Fsp3) is 0.700. The monoisotopic (exact) mass is 179 g/mol. The van der Waals surface area contributed by atoms with Crippen molar-refractivity contribution in [2.24, 2.45) is 5.92 Å². The number of aryl methyl sites for hydroxylation is 1. The van der Waals surface area contributed by atoms with Gasteiger partial charge in [0.1, 0.15) is 0 Å². The minimum Gasteiger partial charge on any atom is -0.293 e. The second-order valence-electron chi connectivity index (χ2n) is 4.33. The van der Waals surface area contributed by atoms with E-state index in [1.807, 2.05) is 0 Å². The number of rotatable bonds is 2. The van der Waals surface area contributed by atoms with Crippen molar-refractivity contribution in [3.63, 3.8) is 0 Å². The lowest BCUT2D eigenvalue weighted by Gasteiger charge is -2.17. The molecule has 3 nitrogen and oxygen atoms in total. The van der Waals surface area contributed by atoms with Crippen LogP contribution in [0.5, 0.6) is 0 Å².